The lowest BCUT2D eigenvalue weighted by atomic mass is 9.73. The number of rotatable bonds is 5. The molecule has 5 nitrogen and oxygen atoms in total. The van der Waals surface area contributed by atoms with Gasteiger partial charge >= 0.3 is 0 Å². The van der Waals surface area contributed by atoms with E-state index in [0.717, 1.165) is 53.7 Å². The maximum atomic E-state index is 10.7. The van der Waals surface area contributed by atoms with Gasteiger partial charge in [-0.2, -0.15) is 0 Å². The van der Waals surface area contributed by atoms with Gasteiger partial charge in [0.1, 0.15) is 5.82 Å². The Labute approximate surface area is 148 Å². The molecule has 2 atom stereocenters. The number of nitrogens with zero attached hydrogens (tertiary/aromatic N) is 2. The molecule has 1 aliphatic heterocycles. The quantitative estimate of drug-likeness (QED) is 0.776. The first-order valence-electron chi connectivity index (χ1n) is 9.08. The fraction of sp³-hybridized carbons (Fsp3) is 0.550. The lowest BCUT2D eigenvalue weighted by Crippen LogP contribution is -2.53. The van der Waals surface area contributed by atoms with E-state index >= 15 is 0 Å². The van der Waals surface area contributed by atoms with E-state index in [1.54, 1.807) is 0 Å². The average molecular weight is 344 g/mol. The minimum Gasteiger partial charge on any atom is -0.396 e. The molecule has 1 aromatic carbocycles. The Balaban J connectivity index is 1.96. The minimum absolute atomic E-state index is 0.00691. The van der Waals surface area contributed by atoms with Crippen molar-refractivity contribution in [3.05, 3.63) is 35.4 Å². The number of β-amino-alcohol motifs (C(OH)–C–C–N with tert-alkyl or cyclic N) is 1. The van der Waals surface area contributed by atoms with Crippen LogP contribution in [0.15, 0.2) is 24.3 Å². The molecular weight excluding hydrogens is 316 g/mol. The number of para-hydroxylation sites is 1. The largest absolute Gasteiger partial charge is 0.396 e. The van der Waals surface area contributed by atoms with Crippen molar-refractivity contribution in [2.75, 3.05) is 24.6 Å². The summed E-state index contributed by atoms with van der Waals surface area (Å²) in [7, 11) is 0. The molecule has 0 radical (unpaired) electrons. The van der Waals surface area contributed by atoms with Crippen LogP contribution in [0.5, 0.6) is 0 Å². The molecule has 2 heterocycles. The molecule has 3 rings (SSSR count). The van der Waals surface area contributed by atoms with Crippen molar-refractivity contribution in [1.29, 1.82) is 0 Å². The summed E-state index contributed by atoms with van der Waals surface area (Å²) in [5, 5.41) is 31.4. The summed E-state index contributed by atoms with van der Waals surface area (Å²) in [6.07, 6.45) is 1.87. The van der Waals surface area contributed by atoms with Crippen molar-refractivity contribution < 1.29 is 15.3 Å². The Morgan fingerprint density at radius 1 is 1.32 bits per heavy atom. The van der Waals surface area contributed by atoms with Gasteiger partial charge in [-0.25, -0.2) is 4.98 Å². The normalized spacial score (nSPS) is 24.0. The third-order valence-electron chi connectivity index (χ3n) is 5.62. The summed E-state index contributed by atoms with van der Waals surface area (Å²) in [5.74, 6) is 0.742. The second-order valence-electron chi connectivity index (χ2n) is 7.26. The maximum absolute atomic E-state index is 10.7. The van der Waals surface area contributed by atoms with E-state index in [0.29, 0.717) is 6.54 Å². The van der Waals surface area contributed by atoms with Crippen LogP contribution in [0, 0.1) is 12.3 Å². The number of hydrogen-bond donors (Lipinski definition) is 3. The van der Waals surface area contributed by atoms with E-state index in [1.165, 1.54) is 0 Å². The number of fused-ring (bicyclic) bond motifs is 1. The molecule has 3 N–H and O–H groups in total. The van der Waals surface area contributed by atoms with Crippen molar-refractivity contribution in [2.24, 2.45) is 5.41 Å². The van der Waals surface area contributed by atoms with Crippen molar-refractivity contribution in [2.45, 2.75) is 45.8 Å². The highest BCUT2D eigenvalue weighted by Gasteiger charge is 2.41. The summed E-state index contributed by atoms with van der Waals surface area (Å²) < 4.78 is 0. The number of aryl methyl sites for hydroxylation is 1. The van der Waals surface area contributed by atoms with Crippen molar-refractivity contribution in [3.8, 4) is 0 Å². The predicted molar refractivity (Wildman–Crippen MR) is 99.7 cm³/mol. The van der Waals surface area contributed by atoms with E-state index in [-0.39, 0.29) is 13.2 Å². The van der Waals surface area contributed by atoms with Gasteiger partial charge in [0.15, 0.2) is 0 Å². The number of benzene rings is 1. The van der Waals surface area contributed by atoms with E-state index in [9.17, 15) is 15.3 Å². The standard InChI is InChI=1S/C20H28N2O3/c1-3-7-20(13-24)8-9-22(11-17(20)25)19-16(12-23)10-15-6-4-5-14(2)18(15)21-19/h4-6,10,17,23-25H,3,7-9,11-13H2,1-2H3/t17-,20-/m1/s1. The SMILES string of the molecule is CCC[C@]1(CO)CCN(c2nc3c(C)cccc3cc2CO)C[C@H]1O. The van der Waals surface area contributed by atoms with Gasteiger partial charge in [0.25, 0.3) is 0 Å². The van der Waals surface area contributed by atoms with Gasteiger partial charge in [0.05, 0.1) is 24.8 Å². The average Bonchev–Trinajstić information content (AvgIpc) is 2.63. The van der Waals surface area contributed by atoms with Crippen molar-refractivity contribution in [1.82, 2.24) is 4.98 Å². The molecule has 2 aromatic rings. The molecule has 0 saturated carbocycles. The van der Waals surface area contributed by atoms with E-state index in [4.69, 9.17) is 4.98 Å². The monoisotopic (exact) mass is 344 g/mol. The van der Waals surface area contributed by atoms with Crippen LogP contribution < -0.4 is 4.90 Å². The fourth-order valence-electron chi connectivity index (χ4n) is 4.03. The molecule has 1 aliphatic rings. The molecule has 1 aromatic heterocycles. The second-order valence-corrected chi connectivity index (χ2v) is 7.26. The van der Waals surface area contributed by atoms with Gasteiger partial charge < -0.3 is 20.2 Å². The third kappa shape index (κ3) is 3.24. The van der Waals surface area contributed by atoms with Gasteiger partial charge in [-0.1, -0.05) is 31.5 Å². The highest BCUT2D eigenvalue weighted by molar-refractivity contribution is 5.84. The molecule has 0 bridgehead atoms. The van der Waals surface area contributed by atoms with E-state index in [1.807, 2.05) is 36.1 Å². The number of hydrogen-bond acceptors (Lipinski definition) is 5. The fourth-order valence-corrected chi connectivity index (χ4v) is 4.03. The first-order chi connectivity index (χ1) is 12.0. The number of aliphatic hydroxyl groups excluding tert-OH is 3. The Morgan fingerprint density at radius 3 is 2.76 bits per heavy atom. The zero-order valence-electron chi connectivity index (χ0n) is 15.1. The predicted octanol–water partition coefficient (Wildman–Crippen LogP) is 2.39. The third-order valence-corrected chi connectivity index (χ3v) is 5.62. The van der Waals surface area contributed by atoms with Crippen LogP contribution in [0.1, 0.15) is 37.3 Å². The summed E-state index contributed by atoms with van der Waals surface area (Å²) in [6.45, 7) is 5.17. The molecule has 0 amide bonds. The van der Waals surface area contributed by atoms with Crippen LogP contribution in [0.3, 0.4) is 0 Å². The first-order valence-corrected chi connectivity index (χ1v) is 9.08. The molecule has 0 aliphatic carbocycles. The Kier molecular flexibility index (Phi) is 5.27. The van der Waals surface area contributed by atoms with Gasteiger partial charge in [0, 0.05) is 29.5 Å². The summed E-state index contributed by atoms with van der Waals surface area (Å²) in [5.41, 5.74) is 2.38. The zero-order valence-corrected chi connectivity index (χ0v) is 15.1. The Morgan fingerprint density at radius 2 is 2.12 bits per heavy atom. The van der Waals surface area contributed by atoms with Gasteiger partial charge in [-0.3, -0.25) is 0 Å². The highest BCUT2D eigenvalue weighted by Crippen LogP contribution is 2.38. The van der Waals surface area contributed by atoms with Gasteiger partial charge in [-0.05, 0) is 31.4 Å². The minimum atomic E-state index is -0.605. The van der Waals surface area contributed by atoms with Crippen LogP contribution in [-0.2, 0) is 6.61 Å². The van der Waals surface area contributed by atoms with Gasteiger partial charge in [-0.15, -0.1) is 0 Å². The Hall–Kier alpha value is -1.69. The molecule has 5 heteroatoms. The summed E-state index contributed by atoms with van der Waals surface area (Å²) in [6, 6.07) is 8.00. The summed E-state index contributed by atoms with van der Waals surface area (Å²) in [4.78, 5) is 6.86. The number of anilines is 1. The molecule has 25 heavy (non-hydrogen) atoms. The number of piperidine rings is 1. The molecule has 1 fully saturated rings. The maximum Gasteiger partial charge on any atom is 0.134 e. The lowest BCUT2D eigenvalue weighted by Gasteiger charge is -2.45. The van der Waals surface area contributed by atoms with Crippen LogP contribution in [0.25, 0.3) is 10.9 Å². The van der Waals surface area contributed by atoms with Crippen LogP contribution >= 0.6 is 0 Å². The lowest BCUT2D eigenvalue weighted by molar-refractivity contribution is -0.0372. The van der Waals surface area contributed by atoms with Crippen molar-refractivity contribution in [3.63, 3.8) is 0 Å². The zero-order chi connectivity index (χ0) is 18.0. The molecule has 136 valence electrons. The highest BCUT2D eigenvalue weighted by atomic mass is 16.3. The summed E-state index contributed by atoms with van der Waals surface area (Å²) >= 11 is 0. The topological polar surface area (TPSA) is 76.8 Å². The second kappa shape index (κ2) is 7.28. The van der Waals surface area contributed by atoms with Gasteiger partial charge in [0.2, 0.25) is 0 Å². The number of aliphatic hydroxyl groups is 3. The molecular formula is C20H28N2O3. The van der Waals surface area contributed by atoms with Crippen LogP contribution in [0.2, 0.25) is 0 Å². The van der Waals surface area contributed by atoms with E-state index in [2.05, 4.69) is 6.92 Å². The molecule has 0 spiro atoms. The Bertz CT molecular complexity index is 749. The van der Waals surface area contributed by atoms with Crippen molar-refractivity contribution >= 4 is 16.7 Å². The van der Waals surface area contributed by atoms with Crippen LogP contribution in [0.4, 0.5) is 5.82 Å². The molecule has 1 saturated heterocycles. The van der Waals surface area contributed by atoms with E-state index < -0.39 is 11.5 Å². The first kappa shape index (κ1) is 18.1. The number of pyridine rings is 1. The number of aromatic nitrogens is 1. The van der Waals surface area contributed by atoms with Crippen LogP contribution in [-0.4, -0.2) is 46.1 Å². The molecule has 0 unspecified atom stereocenters. The smallest absolute Gasteiger partial charge is 0.134 e.